The first-order chi connectivity index (χ1) is 10.1. The predicted molar refractivity (Wildman–Crippen MR) is 80.5 cm³/mol. The number of rotatable bonds is 4. The van der Waals surface area contributed by atoms with Gasteiger partial charge in [-0.05, 0) is 26.8 Å². The highest BCUT2D eigenvalue weighted by Gasteiger charge is 2.31. The Hall–Kier alpha value is -1.66. The van der Waals surface area contributed by atoms with Gasteiger partial charge in [-0.2, -0.15) is 0 Å². The topological polar surface area (TPSA) is 74.7 Å². The molecule has 1 aliphatic heterocycles. The van der Waals surface area contributed by atoms with Gasteiger partial charge in [-0.3, -0.25) is 9.78 Å². The maximum atomic E-state index is 12.8. The Balaban J connectivity index is 2.26. The van der Waals surface area contributed by atoms with E-state index in [-0.39, 0.29) is 24.7 Å². The van der Waals surface area contributed by atoms with E-state index in [1.165, 1.54) is 0 Å². The smallest absolute Gasteiger partial charge is 0.257 e. The van der Waals surface area contributed by atoms with Crippen LogP contribution in [0.2, 0.25) is 0 Å². The molecular formula is C15H23N3O3. The zero-order valence-electron chi connectivity index (χ0n) is 12.8. The number of nitrogens with zero attached hydrogens (tertiary/aromatic N) is 2. The highest BCUT2D eigenvalue weighted by molar-refractivity contribution is 5.99. The van der Waals surface area contributed by atoms with E-state index in [2.05, 4.69) is 10.3 Å². The first-order valence-corrected chi connectivity index (χ1v) is 7.30. The van der Waals surface area contributed by atoms with Crippen molar-refractivity contribution >= 4 is 11.6 Å². The van der Waals surface area contributed by atoms with E-state index in [1.54, 1.807) is 11.1 Å². The molecule has 2 atom stereocenters. The van der Waals surface area contributed by atoms with Crippen molar-refractivity contribution in [2.45, 2.75) is 32.9 Å². The number of carbonyl (C=O) groups is 1. The van der Waals surface area contributed by atoms with Gasteiger partial charge in [0.25, 0.3) is 5.91 Å². The predicted octanol–water partition coefficient (Wildman–Crippen LogP) is 1.04. The fourth-order valence-corrected chi connectivity index (χ4v) is 2.43. The molecule has 2 rings (SSSR count). The molecule has 2 N–H and O–H groups in total. The second-order valence-electron chi connectivity index (χ2n) is 5.35. The summed E-state index contributed by atoms with van der Waals surface area (Å²) in [6.07, 6.45) is 1.30. The molecule has 1 aromatic heterocycles. The second kappa shape index (κ2) is 6.87. The van der Waals surface area contributed by atoms with Crippen LogP contribution in [-0.4, -0.2) is 59.3 Å². The van der Waals surface area contributed by atoms with Crippen LogP contribution in [0.15, 0.2) is 12.3 Å². The Bertz CT molecular complexity index is 507. The lowest BCUT2D eigenvalue weighted by atomic mass is 10.1. The number of carbonyl (C=O) groups excluding carboxylic acids is 1. The molecule has 1 saturated heterocycles. The Morgan fingerprint density at radius 1 is 1.62 bits per heavy atom. The lowest BCUT2D eigenvalue weighted by molar-refractivity contribution is -0.0667. The van der Waals surface area contributed by atoms with E-state index in [9.17, 15) is 9.90 Å². The summed E-state index contributed by atoms with van der Waals surface area (Å²) < 4.78 is 5.48. The minimum absolute atomic E-state index is 0.0175. The third-order valence-corrected chi connectivity index (χ3v) is 3.61. The van der Waals surface area contributed by atoms with Gasteiger partial charge >= 0.3 is 0 Å². The first-order valence-electron chi connectivity index (χ1n) is 7.30. The summed E-state index contributed by atoms with van der Waals surface area (Å²) in [6, 6.07) is 1.86. The molecule has 116 valence electrons. The Morgan fingerprint density at radius 2 is 2.38 bits per heavy atom. The van der Waals surface area contributed by atoms with Crippen molar-refractivity contribution in [2.24, 2.45) is 0 Å². The molecule has 0 spiro atoms. The molecule has 6 heteroatoms. The normalized spacial score (nSPS) is 22.2. The molecule has 1 fully saturated rings. The highest BCUT2D eigenvalue weighted by Crippen LogP contribution is 2.21. The zero-order chi connectivity index (χ0) is 15.4. The zero-order valence-corrected chi connectivity index (χ0v) is 12.8. The molecule has 1 aliphatic rings. The summed E-state index contributed by atoms with van der Waals surface area (Å²) in [4.78, 5) is 18.8. The number of morpholine rings is 1. The van der Waals surface area contributed by atoms with Crippen molar-refractivity contribution in [2.75, 3.05) is 31.6 Å². The fraction of sp³-hybridized carbons (Fsp3) is 0.600. The molecule has 0 aromatic carbocycles. The lowest BCUT2D eigenvalue weighted by Crippen LogP contribution is -2.52. The molecule has 0 bridgehead atoms. The van der Waals surface area contributed by atoms with Crippen LogP contribution in [0.1, 0.15) is 29.9 Å². The molecule has 6 nitrogen and oxygen atoms in total. The summed E-state index contributed by atoms with van der Waals surface area (Å²) in [5, 5.41) is 12.4. The van der Waals surface area contributed by atoms with Crippen molar-refractivity contribution < 1.29 is 14.6 Å². The number of aliphatic hydroxyl groups excluding tert-OH is 1. The van der Waals surface area contributed by atoms with Crippen LogP contribution in [0.25, 0.3) is 0 Å². The molecule has 1 aromatic rings. The second-order valence-corrected chi connectivity index (χ2v) is 5.35. The minimum Gasteiger partial charge on any atom is -0.394 e. The number of amides is 1. The Kier molecular flexibility index (Phi) is 5.14. The fourth-order valence-electron chi connectivity index (χ4n) is 2.43. The Morgan fingerprint density at radius 3 is 3.05 bits per heavy atom. The number of anilines is 1. The van der Waals surface area contributed by atoms with Gasteiger partial charge in [0, 0.05) is 25.0 Å². The SMILES string of the molecule is CCNc1cc(C)ncc1C(=O)N1CC(CO)OCC1C. The van der Waals surface area contributed by atoms with Gasteiger partial charge in [-0.1, -0.05) is 0 Å². The van der Waals surface area contributed by atoms with Crippen LogP contribution in [0.3, 0.4) is 0 Å². The molecule has 0 radical (unpaired) electrons. The monoisotopic (exact) mass is 293 g/mol. The number of nitrogens with one attached hydrogen (secondary N) is 1. The van der Waals surface area contributed by atoms with Crippen LogP contribution in [0.5, 0.6) is 0 Å². The van der Waals surface area contributed by atoms with Gasteiger partial charge in [-0.15, -0.1) is 0 Å². The number of hydrogen-bond acceptors (Lipinski definition) is 5. The van der Waals surface area contributed by atoms with Gasteiger partial charge in [0.1, 0.15) is 0 Å². The van der Waals surface area contributed by atoms with Crippen LogP contribution >= 0.6 is 0 Å². The van der Waals surface area contributed by atoms with E-state index in [0.29, 0.717) is 18.7 Å². The van der Waals surface area contributed by atoms with E-state index in [1.807, 2.05) is 26.8 Å². The molecule has 2 heterocycles. The van der Waals surface area contributed by atoms with E-state index in [4.69, 9.17) is 4.74 Å². The average molecular weight is 293 g/mol. The van der Waals surface area contributed by atoms with Crippen molar-refractivity contribution in [1.82, 2.24) is 9.88 Å². The number of pyridine rings is 1. The largest absolute Gasteiger partial charge is 0.394 e. The number of ether oxygens (including phenoxy) is 1. The molecule has 1 amide bonds. The van der Waals surface area contributed by atoms with Crippen LogP contribution in [-0.2, 0) is 4.74 Å². The van der Waals surface area contributed by atoms with E-state index in [0.717, 1.165) is 17.9 Å². The van der Waals surface area contributed by atoms with Crippen molar-refractivity contribution in [3.05, 3.63) is 23.5 Å². The standard InChI is InChI=1S/C15H23N3O3/c1-4-16-14-5-10(2)17-6-13(14)15(20)18-7-12(8-19)21-9-11(18)3/h5-6,11-12,19H,4,7-9H2,1-3H3,(H,16,17). The Labute approximate surface area is 125 Å². The molecule has 0 aliphatic carbocycles. The summed E-state index contributed by atoms with van der Waals surface area (Å²) in [6.45, 7) is 7.32. The van der Waals surface area contributed by atoms with Crippen molar-refractivity contribution in [3.8, 4) is 0 Å². The van der Waals surface area contributed by atoms with E-state index < -0.39 is 0 Å². The summed E-state index contributed by atoms with van der Waals surface area (Å²) >= 11 is 0. The molecule has 0 saturated carbocycles. The number of aliphatic hydroxyl groups is 1. The number of hydrogen-bond donors (Lipinski definition) is 2. The maximum absolute atomic E-state index is 12.8. The minimum atomic E-state index is -0.314. The first kappa shape index (κ1) is 15.7. The molecular weight excluding hydrogens is 270 g/mol. The maximum Gasteiger partial charge on any atom is 0.257 e. The lowest BCUT2D eigenvalue weighted by Gasteiger charge is -2.37. The molecule has 21 heavy (non-hydrogen) atoms. The van der Waals surface area contributed by atoms with Gasteiger partial charge in [-0.25, -0.2) is 0 Å². The van der Waals surface area contributed by atoms with E-state index >= 15 is 0 Å². The summed E-state index contributed by atoms with van der Waals surface area (Å²) in [7, 11) is 0. The highest BCUT2D eigenvalue weighted by atomic mass is 16.5. The van der Waals surface area contributed by atoms with Crippen LogP contribution in [0, 0.1) is 6.92 Å². The van der Waals surface area contributed by atoms with Gasteiger partial charge < -0.3 is 20.1 Å². The van der Waals surface area contributed by atoms with Crippen LogP contribution in [0.4, 0.5) is 5.69 Å². The third-order valence-electron chi connectivity index (χ3n) is 3.61. The third kappa shape index (κ3) is 3.51. The van der Waals surface area contributed by atoms with Crippen molar-refractivity contribution in [3.63, 3.8) is 0 Å². The number of aromatic nitrogens is 1. The van der Waals surface area contributed by atoms with Gasteiger partial charge in [0.15, 0.2) is 0 Å². The summed E-state index contributed by atoms with van der Waals surface area (Å²) in [5.41, 5.74) is 2.23. The van der Waals surface area contributed by atoms with Crippen molar-refractivity contribution in [1.29, 1.82) is 0 Å². The van der Waals surface area contributed by atoms with Gasteiger partial charge in [0.05, 0.1) is 36.6 Å². The number of aryl methyl sites for hydroxylation is 1. The van der Waals surface area contributed by atoms with Crippen LogP contribution < -0.4 is 5.32 Å². The average Bonchev–Trinajstić information content (AvgIpc) is 2.48. The molecule has 2 unspecified atom stereocenters. The quantitative estimate of drug-likeness (QED) is 0.868. The summed E-state index contributed by atoms with van der Waals surface area (Å²) in [5.74, 6) is -0.0762. The van der Waals surface area contributed by atoms with Gasteiger partial charge in [0.2, 0.25) is 0 Å².